The first kappa shape index (κ1) is 8.43. The van der Waals surface area contributed by atoms with Gasteiger partial charge in [0.2, 0.25) is 5.91 Å². The summed E-state index contributed by atoms with van der Waals surface area (Å²) in [6.45, 7) is 4.05. The van der Waals surface area contributed by atoms with E-state index in [-0.39, 0.29) is 5.91 Å². The van der Waals surface area contributed by atoms with Crippen molar-refractivity contribution >= 4 is 5.91 Å². The Hall–Kier alpha value is -0.570. The monoisotopic (exact) mass is 131 g/mol. The van der Waals surface area contributed by atoms with Crippen molar-refractivity contribution in [2.24, 2.45) is 0 Å². The predicted octanol–water partition coefficient (Wildman–Crippen LogP) is -0.107. The van der Waals surface area contributed by atoms with E-state index in [0.717, 1.165) is 6.42 Å². The molecule has 0 aromatic rings. The highest BCUT2D eigenvalue weighted by Gasteiger charge is 2.05. The van der Waals surface area contributed by atoms with Gasteiger partial charge in [0.1, 0.15) is 6.10 Å². The summed E-state index contributed by atoms with van der Waals surface area (Å²) in [6.07, 6.45) is 0.0231. The molecular weight excluding hydrogens is 118 g/mol. The SMILES string of the molecule is CCCNC(=O)C(C)O. The van der Waals surface area contributed by atoms with E-state index in [1.165, 1.54) is 6.92 Å². The Morgan fingerprint density at radius 2 is 2.33 bits per heavy atom. The summed E-state index contributed by atoms with van der Waals surface area (Å²) >= 11 is 0. The van der Waals surface area contributed by atoms with E-state index in [2.05, 4.69) is 5.32 Å². The summed E-state index contributed by atoms with van der Waals surface area (Å²) in [7, 11) is 0. The van der Waals surface area contributed by atoms with E-state index in [1.807, 2.05) is 6.92 Å². The predicted molar refractivity (Wildman–Crippen MR) is 35.0 cm³/mol. The van der Waals surface area contributed by atoms with Crippen molar-refractivity contribution in [3.8, 4) is 0 Å². The minimum atomic E-state index is -0.878. The van der Waals surface area contributed by atoms with Crippen LogP contribution in [0.2, 0.25) is 0 Å². The van der Waals surface area contributed by atoms with Crippen molar-refractivity contribution in [1.82, 2.24) is 5.32 Å². The molecule has 0 heterocycles. The molecule has 0 aromatic carbocycles. The standard InChI is InChI=1S/C6H13NO2/c1-3-4-7-6(9)5(2)8/h5,8H,3-4H2,1-2H3,(H,7,9). The Morgan fingerprint density at radius 3 is 2.67 bits per heavy atom. The van der Waals surface area contributed by atoms with Crippen LogP contribution in [0, 0.1) is 0 Å². The van der Waals surface area contributed by atoms with E-state index in [1.54, 1.807) is 0 Å². The molecule has 9 heavy (non-hydrogen) atoms. The van der Waals surface area contributed by atoms with Crippen LogP contribution < -0.4 is 5.32 Å². The summed E-state index contributed by atoms with van der Waals surface area (Å²) < 4.78 is 0. The number of nitrogens with one attached hydrogen (secondary N) is 1. The Labute approximate surface area is 55.1 Å². The first-order valence-corrected chi connectivity index (χ1v) is 3.14. The molecule has 0 aliphatic carbocycles. The fourth-order valence-electron chi connectivity index (χ4n) is 0.396. The summed E-state index contributed by atoms with van der Waals surface area (Å²) in [6, 6.07) is 0. The third kappa shape index (κ3) is 3.97. The summed E-state index contributed by atoms with van der Waals surface area (Å²) in [5, 5.41) is 11.2. The van der Waals surface area contributed by atoms with Crippen molar-refractivity contribution in [3.05, 3.63) is 0 Å². The van der Waals surface area contributed by atoms with Crippen LogP contribution in [-0.2, 0) is 4.79 Å². The molecule has 2 N–H and O–H groups in total. The van der Waals surface area contributed by atoms with Crippen LogP contribution in [0.25, 0.3) is 0 Å². The highest BCUT2D eigenvalue weighted by Crippen LogP contribution is 1.78. The van der Waals surface area contributed by atoms with Crippen molar-refractivity contribution in [2.75, 3.05) is 6.54 Å². The van der Waals surface area contributed by atoms with Crippen LogP contribution in [0.15, 0.2) is 0 Å². The molecule has 0 spiro atoms. The molecule has 0 aliphatic rings. The minimum absolute atomic E-state index is 0.295. The Morgan fingerprint density at radius 1 is 1.78 bits per heavy atom. The van der Waals surface area contributed by atoms with E-state index < -0.39 is 6.10 Å². The van der Waals surface area contributed by atoms with E-state index in [4.69, 9.17) is 5.11 Å². The molecule has 0 bridgehead atoms. The quantitative estimate of drug-likeness (QED) is 0.561. The van der Waals surface area contributed by atoms with Crippen LogP contribution in [0.4, 0.5) is 0 Å². The maximum atomic E-state index is 10.5. The topological polar surface area (TPSA) is 49.3 Å². The number of carbonyl (C=O) groups excluding carboxylic acids is 1. The lowest BCUT2D eigenvalue weighted by Gasteiger charge is -2.03. The van der Waals surface area contributed by atoms with Gasteiger partial charge in [-0.1, -0.05) is 6.92 Å². The van der Waals surface area contributed by atoms with Gasteiger partial charge in [0, 0.05) is 6.54 Å². The van der Waals surface area contributed by atoms with E-state index >= 15 is 0 Å². The van der Waals surface area contributed by atoms with Crippen molar-refractivity contribution in [1.29, 1.82) is 0 Å². The molecule has 3 heteroatoms. The zero-order valence-corrected chi connectivity index (χ0v) is 5.85. The number of amides is 1. The molecule has 1 atom stereocenters. The summed E-state index contributed by atoms with van der Waals surface area (Å²) in [4.78, 5) is 10.5. The van der Waals surface area contributed by atoms with Gasteiger partial charge in [0.05, 0.1) is 0 Å². The number of rotatable bonds is 3. The number of carbonyl (C=O) groups is 1. The average Bonchev–Trinajstić information content (AvgIpc) is 1.82. The molecule has 0 fully saturated rings. The molecule has 54 valence electrons. The highest BCUT2D eigenvalue weighted by atomic mass is 16.3. The third-order valence-electron chi connectivity index (χ3n) is 0.929. The van der Waals surface area contributed by atoms with Crippen LogP contribution in [-0.4, -0.2) is 23.7 Å². The van der Waals surface area contributed by atoms with Gasteiger partial charge < -0.3 is 10.4 Å². The second-order valence-corrected chi connectivity index (χ2v) is 1.97. The lowest BCUT2D eigenvalue weighted by Crippen LogP contribution is -2.32. The van der Waals surface area contributed by atoms with Gasteiger partial charge in [-0.05, 0) is 13.3 Å². The summed E-state index contributed by atoms with van der Waals surface area (Å²) in [5.74, 6) is -0.295. The van der Waals surface area contributed by atoms with Gasteiger partial charge in [-0.25, -0.2) is 0 Å². The Balaban J connectivity index is 3.28. The van der Waals surface area contributed by atoms with Crippen LogP contribution >= 0.6 is 0 Å². The number of aliphatic hydroxyl groups excluding tert-OH is 1. The highest BCUT2D eigenvalue weighted by molar-refractivity contribution is 5.79. The molecule has 0 aliphatic heterocycles. The fourth-order valence-corrected chi connectivity index (χ4v) is 0.396. The third-order valence-corrected chi connectivity index (χ3v) is 0.929. The lowest BCUT2D eigenvalue weighted by molar-refractivity contribution is -0.128. The number of hydrogen-bond acceptors (Lipinski definition) is 2. The van der Waals surface area contributed by atoms with E-state index in [9.17, 15) is 4.79 Å². The molecule has 0 saturated heterocycles. The summed E-state index contributed by atoms with van der Waals surface area (Å²) in [5.41, 5.74) is 0. The smallest absolute Gasteiger partial charge is 0.248 e. The molecule has 0 aromatic heterocycles. The second kappa shape index (κ2) is 4.32. The first-order valence-electron chi connectivity index (χ1n) is 3.14. The maximum Gasteiger partial charge on any atom is 0.248 e. The van der Waals surface area contributed by atoms with Crippen LogP contribution in [0.1, 0.15) is 20.3 Å². The second-order valence-electron chi connectivity index (χ2n) is 1.97. The molecule has 1 unspecified atom stereocenters. The van der Waals surface area contributed by atoms with Crippen molar-refractivity contribution in [3.63, 3.8) is 0 Å². The number of aliphatic hydroxyl groups is 1. The lowest BCUT2D eigenvalue weighted by atomic mass is 10.4. The van der Waals surface area contributed by atoms with Crippen molar-refractivity contribution < 1.29 is 9.90 Å². The van der Waals surface area contributed by atoms with Crippen LogP contribution in [0.5, 0.6) is 0 Å². The van der Waals surface area contributed by atoms with Gasteiger partial charge in [-0.3, -0.25) is 4.79 Å². The van der Waals surface area contributed by atoms with Gasteiger partial charge in [0.25, 0.3) is 0 Å². The molecule has 0 radical (unpaired) electrons. The van der Waals surface area contributed by atoms with Gasteiger partial charge in [-0.15, -0.1) is 0 Å². The number of hydrogen-bond donors (Lipinski definition) is 2. The first-order chi connectivity index (χ1) is 4.18. The molecule has 0 saturated carbocycles. The fraction of sp³-hybridized carbons (Fsp3) is 0.833. The van der Waals surface area contributed by atoms with E-state index in [0.29, 0.717) is 6.54 Å². The normalized spacial score (nSPS) is 12.8. The minimum Gasteiger partial charge on any atom is -0.384 e. The largest absolute Gasteiger partial charge is 0.384 e. The van der Waals surface area contributed by atoms with Gasteiger partial charge in [-0.2, -0.15) is 0 Å². The van der Waals surface area contributed by atoms with Gasteiger partial charge >= 0.3 is 0 Å². The molecule has 3 nitrogen and oxygen atoms in total. The van der Waals surface area contributed by atoms with Crippen molar-refractivity contribution in [2.45, 2.75) is 26.4 Å². The maximum absolute atomic E-state index is 10.5. The van der Waals surface area contributed by atoms with Gasteiger partial charge in [0.15, 0.2) is 0 Å². The molecule has 1 amide bonds. The molecular formula is C6H13NO2. The molecule has 0 rings (SSSR count). The zero-order valence-electron chi connectivity index (χ0n) is 5.85. The average molecular weight is 131 g/mol. The van der Waals surface area contributed by atoms with Crippen LogP contribution in [0.3, 0.4) is 0 Å². The Kier molecular flexibility index (Phi) is 4.05. The zero-order chi connectivity index (χ0) is 7.28. The Bertz CT molecular complexity index is 91.1.